The summed E-state index contributed by atoms with van der Waals surface area (Å²) in [7, 11) is 0. The molecular weight excluding hydrogens is 188 g/mol. The first-order valence-electron chi connectivity index (χ1n) is 5.59. The third-order valence-electron chi connectivity index (χ3n) is 2.76. The van der Waals surface area contributed by atoms with Crippen molar-refractivity contribution in [3.8, 4) is 5.75 Å². The first-order chi connectivity index (χ1) is 7.13. The highest BCUT2D eigenvalue weighted by Crippen LogP contribution is 2.17. The van der Waals surface area contributed by atoms with Crippen molar-refractivity contribution in [1.82, 2.24) is 0 Å². The van der Waals surface area contributed by atoms with Crippen LogP contribution in [0.1, 0.15) is 32.3 Å². The summed E-state index contributed by atoms with van der Waals surface area (Å²) < 4.78 is 0. The van der Waals surface area contributed by atoms with Crippen LogP contribution in [-0.4, -0.2) is 16.3 Å². The van der Waals surface area contributed by atoms with Crippen molar-refractivity contribution >= 4 is 0 Å². The minimum atomic E-state index is -0.313. The number of hydrogen-bond donors (Lipinski definition) is 2. The normalized spacial score (nSPS) is 14.9. The standard InChI is InChI=1S/C13H20O2/c1-3-5-10(2)13(15)9-11-6-4-7-12(14)8-11/h4,6-8,10,13-15H,3,5,9H2,1-2H3. The van der Waals surface area contributed by atoms with Crippen LogP contribution in [0.5, 0.6) is 5.75 Å². The molecule has 1 aromatic rings. The molecule has 2 atom stereocenters. The molecule has 0 radical (unpaired) electrons. The molecule has 84 valence electrons. The molecule has 2 N–H and O–H groups in total. The van der Waals surface area contributed by atoms with E-state index < -0.39 is 0 Å². The van der Waals surface area contributed by atoms with Crippen LogP contribution in [0.15, 0.2) is 24.3 Å². The Morgan fingerprint density at radius 2 is 2.07 bits per heavy atom. The van der Waals surface area contributed by atoms with Crippen LogP contribution in [-0.2, 0) is 6.42 Å². The van der Waals surface area contributed by atoms with Gasteiger partial charge in [0.05, 0.1) is 6.10 Å². The molecule has 1 rings (SSSR count). The molecule has 0 fully saturated rings. The lowest BCUT2D eigenvalue weighted by atomic mass is 9.94. The lowest BCUT2D eigenvalue weighted by Crippen LogP contribution is -2.20. The van der Waals surface area contributed by atoms with Gasteiger partial charge in [-0.1, -0.05) is 32.4 Å². The molecule has 2 heteroatoms. The van der Waals surface area contributed by atoms with Gasteiger partial charge >= 0.3 is 0 Å². The predicted molar refractivity (Wildman–Crippen MR) is 61.9 cm³/mol. The second kappa shape index (κ2) is 5.76. The Bertz CT molecular complexity index is 296. The van der Waals surface area contributed by atoms with E-state index >= 15 is 0 Å². The van der Waals surface area contributed by atoms with Gasteiger partial charge in [-0.3, -0.25) is 0 Å². The average Bonchev–Trinajstić information content (AvgIpc) is 2.18. The van der Waals surface area contributed by atoms with Gasteiger partial charge in [0.1, 0.15) is 5.75 Å². The average molecular weight is 208 g/mol. The second-order valence-electron chi connectivity index (χ2n) is 4.21. The van der Waals surface area contributed by atoms with Crippen molar-refractivity contribution in [2.75, 3.05) is 0 Å². The maximum atomic E-state index is 9.91. The van der Waals surface area contributed by atoms with Gasteiger partial charge in [-0.15, -0.1) is 0 Å². The summed E-state index contributed by atoms with van der Waals surface area (Å²) in [6.07, 6.45) is 2.44. The third-order valence-corrected chi connectivity index (χ3v) is 2.76. The summed E-state index contributed by atoms with van der Waals surface area (Å²) >= 11 is 0. The summed E-state index contributed by atoms with van der Waals surface area (Å²) in [6, 6.07) is 7.09. The van der Waals surface area contributed by atoms with Crippen LogP contribution in [0.4, 0.5) is 0 Å². The molecular formula is C13H20O2. The number of benzene rings is 1. The van der Waals surface area contributed by atoms with Gasteiger partial charge in [0.25, 0.3) is 0 Å². The number of aromatic hydroxyl groups is 1. The highest BCUT2D eigenvalue weighted by molar-refractivity contribution is 5.27. The van der Waals surface area contributed by atoms with Crippen molar-refractivity contribution in [3.05, 3.63) is 29.8 Å². The minimum Gasteiger partial charge on any atom is -0.508 e. The highest BCUT2D eigenvalue weighted by Gasteiger charge is 2.13. The van der Waals surface area contributed by atoms with E-state index in [-0.39, 0.29) is 11.9 Å². The summed E-state index contributed by atoms with van der Waals surface area (Å²) in [6.45, 7) is 4.19. The third kappa shape index (κ3) is 3.92. The Morgan fingerprint density at radius 3 is 2.67 bits per heavy atom. The molecule has 1 aromatic carbocycles. The van der Waals surface area contributed by atoms with E-state index in [2.05, 4.69) is 13.8 Å². The van der Waals surface area contributed by atoms with E-state index in [1.807, 2.05) is 12.1 Å². The number of phenolic OH excluding ortho intramolecular Hbond substituents is 1. The molecule has 2 unspecified atom stereocenters. The molecule has 0 aliphatic heterocycles. The largest absolute Gasteiger partial charge is 0.508 e. The topological polar surface area (TPSA) is 40.5 Å². The first-order valence-corrected chi connectivity index (χ1v) is 5.59. The molecule has 0 aliphatic carbocycles. The summed E-state index contributed by atoms with van der Waals surface area (Å²) in [4.78, 5) is 0. The maximum Gasteiger partial charge on any atom is 0.115 e. The van der Waals surface area contributed by atoms with Crippen LogP contribution < -0.4 is 0 Å². The maximum absolute atomic E-state index is 9.91. The smallest absolute Gasteiger partial charge is 0.115 e. The van der Waals surface area contributed by atoms with E-state index in [1.165, 1.54) is 0 Å². The molecule has 2 nitrogen and oxygen atoms in total. The van der Waals surface area contributed by atoms with Crippen LogP contribution >= 0.6 is 0 Å². The van der Waals surface area contributed by atoms with Crippen molar-refractivity contribution in [2.45, 2.75) is 39.2 Å². The fourth-order valence-corrected chi connectivity index (χ4v) is 1.77. The second-order valence-corrected chi connectivity index (χ2v) is 4.21. The Balaban J connectivity index is 2.54. The zero-order valence-electron chi connectivity index (χ0n) is 9.48. The molecule has 0 saturated heterocycles. The zero-order chi connectivity index (χ0) is 11.3. The fraction of sp³-hybridized carbons (Fsp3) is 0.538. The molecule has 0 aromatic heterocycles. The molecule has 0 spiro atoms. The van der Waals surface area contributed by atoms with E-state index in [9.17, 15) is 10.2 Å². The summed E-state index contributed by atoms with van der Waals surface area (Å²) in [5, 5.41) is 19.2. The van der Waals surface area contributed by atoms with Crippen molar-refractivity contribution in [3.63, 3.8) is 0 Å². The molecule has 0 heterocycles. The highest BCUT2D eigenvalue weighted by atomic mass is 16.3. The summed E-state index contributed by atoms with van der Waals surface area (Å²) in [5.41, 5.74) is 0.991. The number of hydrogen-bond acceptors (Lipinski definition) is 2. The molecule has 15 heavy (non-hydrogen) atoms. The Morgan fingerprint density at radius 1 is 1.33 bits per heavy atom. The van der Waals surface area contributed by atoms with Gasteiger partial charge in [-0.2, -0.15) is 0 Å². The van der Waals surface area contributed by atoms with Crippen LogP contribution in [0.25, 0.3) is 0 Å². The van der Waals surface area contributed by atoms with Gasteiger partial charge in [0, 0.05) is 0 Å². The monoisotopic (exact) mass is 208 g/mol. The van der Waals surface area contributed by atoms with Crippen LogP contribution in [0.3, 0.4) is 0 Å². The number of aliphatic hydroxyl groups excluding tert-OH is 1. The van der Waals surface area contributed by atoms with Gasteiger partial charge < -0.3 is 10.2 Å². The van der Waals surface area contributed by atoms with Crippen molar-refractivity contribution < 1.29 is 10.2 Å². The zero-order valence-corrected chi connectivity index (χ0v) is 9.48. The van der Waals surface area contributed by atoms with E-state index in [0.29, 0.717) is 12.3 Å². The number of phenols is 1. The van der Waals surface area contributed by atoms with Gasteiger partial charge in [0.15, 0.2) is 0 Å². The quantitative estimate of drug-likeness (QED) is 0.781. The Hall–Kier alpha value is -1.02. The lowest BCUT2D eigenvalue weighted by molar-refractivity contribution is 0.111. The molecule has 0 aliphatic rings. The Kier molecular flexibility index (Phi) is 4.63. The fourth-order valence-electron chi connectivity index (χ4n) is 1.77. The van der Waals surface area contributed by atoms with Crippen LogP contribution in [0.2, 0.25) is 0 Å². The number of aliphatic hydroxyl groups is 1. The molecule has 0 amide bonds. The SMILES string of the molecule is CCCC(C)C(O)Cc1cccc(O)c1. The van der Waals surface area contributed by atoms with Gasteiger partial charge in [-0.25, -0.2) is 0 Å². The van der Waals surface area contributed by atoms with E-state index in [4.69, 9.17) is 0 Å². The van der Waals surface area contributed by atoms with Crippen LogP contribution in [0, 0.1) is 5.92 Å². The van der Waals surface area contributed by atoms with E-state index in [1.54, 1.807) is 12.1 Å². The number of rotatable bonds is 5. The predicted octanol–water partition coefficient (Wildman–Crippen LogP) is 2.73. The molecule has 0 bridgehead atoms. The lowest BCUT2D eigenvalue weighted by Gasteiger charge is -2.18. The summed E-state index contributed by atoms with van der Waals surface area (Å²) in [5.74, 6) is 0.584. The molecule has 0 saturated carbocycles. The Labute approximate surface area is 91.6 Å². The van der Waals surface area contributed by atoms with E-state index in [0.717, 1.165) is 18.4 Å². The van der Waals surface area contributed by atoms with Gasteiger partial charge in [0.2, 0.25) is 0 Å². The first kappa shape index (κ1) is 12.1. The van der Waals surface area contributed by atoms with Crippen molar-refractivity contribution in [2.24, 2.45) is 5.92 Å². The van der Waals surface area contributed by atoms with Gasteiger partial charge in [-0.05, 0) is 36.5 Å². The minimum absolute atomic E-state index is 0.267. The van der Waals surface area contributed by atoms with Crippen molar-refractivity contribution in [1.29, 1.82) is 0 Å².